The lowest BCUT2D eigenvalue weighted by Crippen LogP contribution is -2.06. The predicted octanol–water partition coefficient (Wildman–Crippen LogP) is 2.73. The fraction of sp³-hybridized carbons (Fsp3) is 0.167. The van der Waals surface area contributed by atoms with Gasteiger partial charge in [-0.1, -0.05) is 18.7 Å². The molecule has 0 saturated carbocycles. The Bertz CT molecular complexity index is 452. The molecule has 84 valence electrons. The fourth-order valence-electron chi connectivity index (χ4n) is 1.28. The van der Waals surface area contributed by atoms with Crippen LogP contribution in [0.2, 0.25) is 0 Å². The summed E-state index contributed by atoms with van der Waals surface area (Å²) in [6, 6.07) is 2.67. The SMILES string of the molecule is C=C/C(=C\C)C(=N)c1ccc(F)nc1OC. The van der Waals surface area contributed by atoms with Crippen molar-refractivity contribution in [1.82, 2.24) is 4.98 Å². The third kappa shape index (κ3) is 2.34. The maximum Gasteiger partial charge on any atom is 0.225 e. The van der Waals surface area contributed by atoms with Crippen molar-refractivity contribution >= 4 is 5.71 Å². The lowest BCUT2D eigenvalue weighted by molar-refractivity contribution is 0.386. The molecule has 16 heavy (non-hydrogen) atoms. The molecule has 1 aromatic heterocycles. The molecule has 0 spiro atoms. The smallest absolute Gasteiger partial charge is 0.225 e. The Labute approximate surface area is 93.8 Å². The van der Waals surface area contributed by atoms with Gasteiger partial charge in [-0.2, -0.15) is 9.37 Å². The minimum Gasteiger partial charge on any atom is -0.480 e. The highest BCUT2D eigenvalue weighted by Gasteiger charge is 2.12. The van der Waals surface area contributed by atoms with Gasteiger partial charge < -0.3 is 4.74 Å². The van der Waals surface area contributed by atoms with Crippen LogP contribution in [0.15, 0.2) is 36.4 Å². The van der Waals surface area contributed by atoms with Crippen molar-refractivity contribution in [3.8, 4) is 5.88 Å². The summed E-state index contributed by atoms with van der Waals surface area (Å²) in [5.41, 5.74) is 1.30. The number of pyridine rings is 1. The lowest BCUT2D eigenvalue weighted by Gasteiger charge is -2.08. The van der Waals surface area contributed by atoms with Crippen LogP contribution in [0, 0.1) is 11.4 Å². The molecule has 0 saturated heterocycles. The molecular weight excluding hydrogens is 207 g/mol. The van der Waals surface area contributed by atoms with Crippen LogP contribution in [-0.2, 0) is 0 Å². The summed E-state index contributed by atoms with van der Waals surface area (Å²) in [6.45, 7) is 5.41. The molecule has 0 atom stereocenters. The van der Waals surface area contributed by atoms with E-state index < -0.39 is 5.95 Å². The van der Waals surface area contributed by atoms with Crippen LogP contribution in [0.4, 0.5) is 4.39 Å². The molecule has 1 aromatic rings. The van der Waals surface area contributed by atoms with Gasteiger partial charge in [0.2, 0.25) is 11.8 Å². The van der Waals surface area contributed by atoms with Gasteiger partial charge in [0.25, 0.3) is 0 Å². The van der Waals surface area contributed by atoms with E-state index in [2.05, 4.69) is 11.6 Å². The van der Waals surface area contributed by atoms with Crippen molar-refractivity contribution in [2.24, 2.45) is 0 Å². The summed E-state index contributed by atoms with van der Waals surface area (Å²) >= 11 is 0. The first-order chi connectivity index (χ1) is 7.63. The number of methoxy groups -OCH3 is 1. The normalized spacial score (nSPS) is 11.1. The Morgan fingerprint density at radius 3 is 2.75 bits per heavy atom. The van der Waals surface area contributed by atoms with Crippen LogP contribution in [0.5, 0.6) is 5.88 Å². The molecule has 4 heteroatoms. The Morgan fingerprint density at radius 1 is 1.56 bits per heavy atom. The van der Waals surface area contributed by atoms with Gasteiger partial charge in [-0.05, 0) is 24.6 Å². The first-order valence-electron chi connectivity index (χ1n) is 4.72. The second-order valence-corrected chi connectivity index (χ2v) is 3.01. The Morgan fingerprint density at radius 2 is 2.25 bits per heavy atom. The van der Waals surface area contributed by atoms with Crippen LogP contribution >= 0.6 is 0 Å². The quantitative estimate of drug-likeness (QED) is 0.481. The maximum atomic E-state index is 12.9. The summed E-state index contributed by atoms with van der Waals surface area (Å²) in [4.78, 5) is 3.57. The van der Waals surface area contributed by atoms with Gasteiger partial charge in [0.15, 0.2) is 0 Å². The van der Waals surface area contributed by atoms with Crippen molar-refractivity contribution in [1.29, 1.82) is 5.41 Å². The zero-order valence-electron chi connectivity index (χ0n) is 9.25. The minimum atomic E-state index is -0.631. The number of hydrogen-bond donors (Lipinski definition) is 1. The Balaban J connectivity index is 3.23. The third-order valence-corrected chi connectivity index (χ3v) is 2.11. The van der Waals surface area contributed by atoms with Crippen molar-refractivity contribution in [2.75, 3.05) is 7.11 Å². The van der Waals surface area contributed by atoms with E-state index in [4.69, 9.17) is 10.1 Å². The fourth-order valence-corrected chi connectivity index (χ4v) is 1.28. The van der Waals surface area contributed by atoms with Gasteiger partial charge in [0.05, 0.1) is 18.4 Å². The molecule has 1 rings (SSSR count). The molecule has 0 aliphatic rings. The van der Waals surface area contributed by atoms with E-state index in [1.54, 1.807) is 19.1 Å². The molecule has 0 amide bonds. The van der Waals surface area contributed by atoms with Gasteiger partial charge in [0, 0.05) is 0 Å². The highest BCUT2D eigenvalue weighted by atomic mass is 19.1. The molecular formula is C12H13FN2O. The molecule has 0 aromatic carbocycles. The largest absolute Gasteiger partial charge is 0.480 e. The van der Waals surface area contributed by atoms with Gasteiger partial charge in [-0.3, -0.25) is 5.41 Å². The van der Waals surface area contributed by atoms with Crippen LogP contribution in [0.1, 0.15) is 12.5 Å². The molecule has 0 fully saturated rings. The van der Waals surface area contributed by atoms with Crippen molar-refractivity contribution in [3.05, 3.63) is 47.9 Å². The molecule has 1 N–H and O–H groups in total. The number of nitrogens with zero attached hydrogens (tertiary/aromatic N) is 1. The first-order valence-corrected chi connectivity index (χ1v) is 4.72. The molecule has 0 aliphatic heterocycles. The van der Waals surface area contributed by atoms with Crippen LogP contribution < -0.4 is 4.74 Å². The van der Waals surface area contributed by atoms with E-state index in [1.807, 2.05) is 0 Å². The monoisotopic (exact) mass is 220 g/mol. The zero-order chi connectivity index (χ0) is 12.1. The zero-order valence-corrected chi connectivity index (χ0v) is 9.25. The molecule has 3 nitrogen and oxygen atoms in total. The maximum absolute atomic E-state index is 12.9. The lowest BCUT2D eigenvalue weighted by atomic mass is 10.0. The number of rotatable bonds is 4. The second kappa shape index (κ2) is 5.21. The van der Waals surface area contributed by atoms with E-state index >= 15 is 0 Å². The van der Waals surface area contributed by atoms with Crippen molar-refractivity contribution in [2.45, 2.75) is 6.92 Å². The summed E-state index contributed by atoms with van der Waals surface area (Å²) in [7, 11) is 1.39. The second-order valence-electron chi connectivity index (χ2n) is 3.01. The summed E-state index contributed by atoms with van der Waals surface area (Å²) < 4.78 is 17.8. The van der Waals surface area contributed by atoms with Crippen molar-refractivity contribution in [3.63, 3.8) is 0 Å². The Hall–Kier alpha value is -1.97. The molecule has 0 radical (unpaired) electrons. The standard InChI is InChI=1S/C12H13FN2O/c1-4-8(5-2)11(14)9-6-7-10(13)15-12(9)16-3/h4-7,14H,1H2,2-3H3/b8-5+,14-11?. The summed E-state index contributed by atoms with van der Waals surface area (Å²) in [5, 5.41) is 7.92. The number of hydrogen-bond acceptors (Lipinski definition) is 3. The molecule has 0 unspecified atom stereocenters. The van der Waals surface area contributed by atoms with Crippen molar-refractivity contribution < 1.29 is 9.13 Å². The third-order valence-electron chi connectivity index (χ3n) is 2.11. The van der Waals surface area contributed by atoms with E-state index in [1.165, 1.54) is 19.2 Å². The minimum absolute atomic E-state index is 0.103. The number of aromatic nitrogens is 1. The van der Waals surface area contributed by atoms with Crippen LogP contribution in [0.3, 0.4) is 0 Å². The average molecular weight is 220 g/mol. The predicted molar refractivity (Wildman–Crippen MR) is 61.5 cm³/mol. The topological polar surface area (TPSA) is 46.0 Å². The number of ether oxygens (including phenoxy) is 1. The average Bonchev–Trinajstić information content (AvgIpc) is 2.30. The summed E-state index contributed by atoms with van der Waals surface area (Å²) in [5.74, 6) is -0.528. The number of nitrogens with one attached hydrogen (secondary N) is 1. The van der Waals surface area contributed by atoms with Gasteiger partial charge in [0.1, 0.15) is 0 Å². The van der Waals surface area contributed by atoms with Crippen LogP contribution in [0.25, 0.3) is 0 Å². The van der Waals surface area contributed by atoms with E-state index in [9.17, 15) is 4.39 Å². The van der Waals surface area contributed by atoms with E-state index in [0.717, 1.165) is 0 Å². The van der Waals surface area contributed by atoms with Gasteiger partial charge in [-0.25, -0.2) is 0 Å². The summed E-state index contributed by atoms with van der Waals surface area (Å²) in [6.07, 6.45) is 3.31. The van der Waals surface area contributed by atoms with E-state index in [-0.39, 0.29) is 11.6 Å². The molecule has 1 heterocycles. The molecule has 0 aliphatic carbocycles. The van der Waals surface area contributed by atoms with Gasteiger partial charge >= 0.3 is 0 Å². The highest BCUT2D eigenvalue weighted by molar-refractivity contribution is 6.13. The number of halogens is 1. The van der Waals surface area contributed by atoms with Crippen LogP contribution in [-0.4, -0.2) is 17.8 Å². The Kier molecular flexibility index (Phi) is 3.94. The molecule has 0 bridgehead atoms. The first kappa shape index (κ1) is 12.1. The highest BCUT2D eigenvalue weighted by Crippen LogP contribution is 2.19. The number of allylic oxidation sites excluding steroid dienone is 3. The van der Waals surface area contributed by atoms with Gasteiger partial charge in [-0.15, -0.1) is 0 Å². The van der Waals surface area contributed by atoms with E-state index in [0.29, 0.717) is 11.1 Å².